The number of likely N-dealkylation sites (tertiary alicyclic amines) is 1. The van der Waals surface area contributed by atoms with Crippen molar-refractivity contribution in [2.45, 2.75) is 37.8 Å². The number of imidazole rings is 1. The average Bonchev–Trinajstić information content (AvgIpc) is 3.27. The van der Waals surface area contributed by atoms with E-state index < -0.39 is 0 Å². The third-order valence-electron chi connectivity index (χ3n) is 5.24. The molecule has 1 saturated heterocycles. The van der Waals surface area contributed by atoms with Gasteiger partial charge in [-0.2, -0.15) is 0 Å². The molecule has 4 atom stereocenters. The molecule has 2 heterocycles. The summed E-state index contributed by atoms with van der Waals surface area (Å²) in [7, 11) is 0.373. The van der Waals surface area contributed by atoms with Gasteiger partial charge in [0.2, 0.25) is 6.41 Å². The number of carbonyl (C=O) groups excluding carboxylic acids is 2. The first-order valence-electron chi connectivity index (χ1n) is 8.18. The van der Waals surface area contributed by atoms with Crippen LogP contribution in [-0.4, -0.2) is 39.5 Å². The third kappa shape index (κ3) is 2.57. The summed E-state index contributed by atoms with van der Waals surface area (Å²) in [6.45, 7) is 0. The van der Waals surface area contributed by atoms with Crippen molar-refractivity contribution in [3.8, 4) is 0 Å². The van der Waals surface area contributed by atoms with Gasteiger partial charge in [-0.15, -0.1) is 0 Å². The summed E-state index contributed by atoms with van der Waals surface area (Å²) in [4.78, 5) is 32.0. The number of fused-ring (bicyclic) bond motifs is 3. The lowest BCUT2D eigenvalue weighted by molar-refractivity contribution is -0.122. The number of hydrogen-bond acceptors (Lipinski definition) is 3. The van der Waals surface area contributed by atoms with Gasteiger partial charge in [-0.3, -0.25) is 9.59 Å². The van der Waals surface area contributed by atoms with Gasteiger partial charge in [-0.1, -0.05) is 14.6 Å². The number of amides is 1. The molecule has 1 saturated carbocycles. The number of piperidine rings is 1. The van der Waals surface area contributed by atoms with Gasteiger partial charge in [-0.25, -0.2) is 4.98 Å². The normalized spacial score (nSPS) is 26.6. The molecule has 2 aromatic rings. The number of hydrogen-bond donors (Lipinski definition) is 1. The van der Waals surface area contributed by atoms with E-state index in [2.05, 4.69) is 17.1 Å². The van der Waals surface area contributed by atoms with Gasteiger partial charge < -0.3 is 9.88 Å². The fourth-order valence-electron chi connectivity index (χ4n) is 4.18. The van der Waals surface area contributed by atoms with Crippen LogP contribution in [0.4, 0.5) is 0 Å². The Balaban J connectivity index is 1.61. The average molecular weight is 329 g/mol. The quantitative estimate of drug-likeness (QED) is 0.503. The molecule has 6 heteroatoms. The van der Waals surface area contributed by atoms with E-state index in [0.717, 1.165) is 54.7 Å². The number of nitrogens with zero attached hydrogens (tertiary/aromatic N) is 2. The Hall–Kier alpha value is -1.74. The van der Waals surface area contributed by atoms with Crippen molar-refractivity contribution in [1.29, 1.82) is 0 Å². The fraction of sp³-hybridized carbons (Fsp3) is 0.471. The number of benzene rings is 1. The first kappa shape index (κ1) is 14.8. The zero-order valence-electron chi connectivity index (χ0n) is 12.9. The molecule has 2 bridgehead atoms. The van der Waals surface area contributed by atoms with Crippen LogP contribution in [0.15, 0.2) is 18.2 Å². The maximum atomic E-state index is 11.5. The molecule has 1 amide bonds. The molecule has 1 aromatic heterocycles. The van der Waals surface area contributed by atoms with Gasteiger partial charge in [0, 0.05) is 6.04 Å². The first-order valence-corrected chi connectivity index (χ1v) is 9.47. The maximum absolute atomic E-state index is 11.5. The molecular weight excluding hydrogens is 309 g/mol. The van der Waals surface area contributed by atoms with Crippen molar-refractivity contribution in [2.75, 3.05) is 6.16 Å². The summed E-state index contributed by atoms with van der Waals surface area (Å²) in [5, 5.41) is 0. The highest BCUT2D eigenvalue weighted by molar-refractivity contribution is 7.54. The van der Waals surface area contributed by atoms with Crippen molar-refractivity contribution >= 4 is 32.1 Å². The first-order chi connectivity index (χ1) is 11.3. The van der Waals surface area contributed by atoms with Gasteiger partial charge in [0.05, 0.1) is 17.1 Å². The second kappa shape index (κ2) is 6.04. The van der Waals surface area contributed by atoms with Crippen molar-refractivity contribution in [2.24, 2.45) is 5.92 Å². The third-order valence-corrected chi connectivity index (χ3v) is 5.95. The minimum absolute atomic E-state index is 0.110. The van der Waals surface area contributed by atoms with Gasteiger partial charge in [0.1, 0.15) is 11.9 Å². The largest absolute Gasteiger partial charge is 0.340 e. The Labute approximate surface area is 136 Å². The van der Waals surface area contributed by atoms with Gasteiger partial charge in [0.25, 0.3) is 0 Å². The predicted octanol–water partition coefficient (Wildman–Crippen LogP) is 2.66. The minimum atomic E-state index is 0.110. The van der Waals surface area contributed by atoms with Gasteiger partial charge in [0.15, 0.2) is 0 Å². The summed E-state index contributed by atoms with van der Waals surface area (Å²) >= 11 is 0. The highest BCUT2D eigenvalue weighted by Crippen LogP contribution is 2.48. The number of H-pyrrole nitrogens is 1. The SMILES string of the molecule is O=CPCCc1ccc2nc([C@@H]3[C@@H]4CC[C@H](C4)N3C=O)[nH]c2c1. The van der Waals surface area contributed by atoms with Crippen molar-refractivity contribution < 1.29 is 9.59 Å². The van der Waals surface area contributed by atoms with Crippen LogP contribution >= 0.6 is 8.58 Å². The van der Waals surface area contributed by atoms with E-state index in [4.69, 9.17) is 4.98 Å². The van der Waals surface area contributed by atoms with E-state index in [-0.39, 0.29) is 6.04 Å². The number of rotatable bonds is 6. The Morgan fingerprint density at radius 1 is 1.35 bits per heavy atom. The Morgan fingerprint density at radius 3 is 3.09 bits per heavy atom. The van der Waals surface area contributed by atoms with E-state index in [1.54, 1.807) is 0 Å². The number of carbonyl (C=O) groups is 2. The molecule has 1 N–H and O–H groups in total. The van der Waals surface area contributed by atoms with Crippen LogP contribution in [0.25, 0.3) is 11.0 Å². The van der Waals surface area contributed by atoms with Crippen LogP contribution in [0.1, 0.15) is 36.7 Å². The van der Waals surface area contributed by atoms with Crippen LogP contribution < -0.4 is 0 Å². The molecule has 23 heavy (non-hydrogen) atoms. The molecule has 1 unspecified atom stereocenters. The summed E-state index contributed by atoms with van der Waals surface area (Å²) in [6.07, 6.45) is 6.24. The maximum Gasteiger partial charge on any atom is 0.210 e. The molecule has 2 aliphatic rings. The summed E-state index contributed by atoms with van der Waals surface area (Å²) in [5.41, 5.74) is 3.21. The molecule has 1 aromatic carbocycles. The van der Waals surface area contributed by atoms with Crippen molar-refractivity contribution in [3.05, 3.63) is 29.6 Å². The molecule has 2 fully saturated rings. The molecular formula is C17H20N3O2P. The van der Waals surface area contributed by atoms with Crippen LogP contribution in [0.3, 0.4) is 0 Å². The van der Waals surface area contributed by atoms with Gasteiger partial charge >= 0.3 is 0 Å². The highest BCUT2D eigenvalue weighted by atomic mass is 31.1. The smallest absolute Gasteiger partial charge is 0.210 e. The van der Waals surface area contributed by atoms with E-state index in [1.807, 2.05) is 11.0 Å². The van der Waals surface area contributed by atoms with E-state index in [0.29, 0.717) is 20.5 Å². The zero-order chi connectivity index (χ0) is 15.8. The van der Waals surface area contributed by atoms with E-state index in [1.165, 1.54) is 12.0 Å². The van der Waals surface area contributed by atoms with Crippen LogP contribution in [0.5, 0.6) is 0 Å². The number of nitrogens with one attached hydrogen (secondary N) is 1. The Morgan fingerprint density at radius 2 is 2.26 bits per heavy atom. The number of aryl methyl sites for hydroxylation is 1. The second-order valence-electron chi connectivity index (χ2n) is 6.52. The van der Waals surface area contributed by atoms with Crippen molar-refractivity contribution in [3.63, 3.8) is 0 Å². The van der Waals surface area contributed by atoms with E-state index >= 15 is 0 Å². The monoisotopic (exact) mass is 329 g/mol. The lowest BCUT2D eigenvalue weighted by Gasteiger charge is -2.30. The number of aromatic nitrogens is 2. The Kier molecular flexibility index (Phi) is 3.90. The summed E-state index contributed by atoms with van der Waals surface area (Å²) in [6, 6.07) is 7.75. The predicted molar refractivity (Wildman–Crippen MR) is 91.5 cm³/mol. The van der Waals surface area contributed by atoms with Crippen LogP contribution in [0, 0.1) is 5.92 Å². The topological polar surface area (TPSA) is 66.1 Å². The lowest BCUT2D eigenvalue weighted by Crippen LogP contribution is -2.34. The Bertz CT molecular complexity index is 745. The summed E-state index contributed by atoms with van der Waals surface area (Å²) < 4.78 is 0. The number of aromatic amines is 1. The lowest BCUT2D eigenvalue weighted by atomic mass is 9.98. The van der Waals surface area contributed by atoms with Crippen LogP contribution in [0.2, 0.25) is 0 Å². The van der Waals surface area contributed by atoms with Crippen LogP contribution in [-0.2, 0) is 16.0 Å². The molecule has 0 spiro atoms. The molecule has 1 aliphatic heterocycles. The standard InChI is InChI=1S/C17H20N3O2P/c21-9-20-13-3-2-12(8-13)16(20)17-18-14-4-1-11(5-6-23-10-22)7-15(14)19-17/h1,4,7,9-10,12-13,16,23H,2-3,5-6,8H2,(H,18,19)/t12-,13-,16+/m1/s1. The fourth-order valence-corrected chi connectivity index (χ4v) is 4.73. The summed E-state index contributed by atoms with van der Waals surface area (Å²) in [5.74, 6) is 1.46. The molecule has 120 valence electrons. The zero-order valence-corrected chi connectivity index (χ0v) is 13.9. The van der Waals surface area contributed by atoms with E-state index in [9.17, 15) is 9.59 Å². The second-order valence-corrected chi connectivity index (χ2v) is 7.66. The minimum Gasteiger partial charge on any atom is -0.340 e. The van der Waals surface area contributed by atoms with Gasteiger partial charge in [-0.05, 0) is 55.5 Å². The highest BCUT2D eigenvalue weighted by Gasteiger charge is 2.47. The van der Waals surface area contributed by atoms with Crippen molar-refractivity contribution in [1.82, 2.24) is 14.9 Å². The molecule has 4 rings (SSSR count). The molecule has 1 aliphatic carbocycles. The molecule has 5 nitrogen and oxygen atoms in total. The molecule has 0 radical (unpaired) electrons.